The number of ether oxygens (including phenoxy) is 1. The lowest BCUT2D eigenvalue weighted by atomic mass is 10.1. The SMILES string of the molecule is Cc1ncsc1CCOCCCC(=O)c1ccccc1. The number of benzene rings is 1. The van der Waals surface area contributed by atoms with Crippen LogP contribution in [0.1, 0.15) is 33.8 Å². The van der Waals surface area contributed by atoms with Crippen molar-refractivity contribution in [3.8, 4) is 0 Å². The normalized spacial score (nSPS) is 10.7. The first-order valence-corrected chi connectivity index (χ1v) is 7.70. The zero-order valence-electron chi connectivity index (χ0n) is 11.7. The minimum absolute atomic E-state index is 0.188. The summed E-state index contributed by atoms with van der Waals surface area (Å²) < 4.78 is 5.57. The Bertz CT molecular complexity index is 536. The largest absolute Gasteiger partial charge is 0.381 e. The number of thiazole rings is 1. The summed E-state index contributed by atoms with van der Waals surface area (Å²) in [4.78, 5) is 17.3. The number of carbonyl (C=O) groups is 1. The molecule has 0 N–H and O–H groups in total. The molecule has 0 aliphatic rings. The third-order valence-corrected chi connectivity index (χ3v) is 4.10. The second-order valence-electron chi connectivity index (χ2n) is 4.62. The van der Waals surface area contributed by atoms with Gasteiger partial charge in [0.25, 0.3) is 0 Å². The summed E-state index contributed by atoms with van der Waals surface area (Å²) in [6.45, 7) is 3.35. The van der Waals surface area contributed by atoms with E-state index < -0.39 is 0 Å². The number of hydrogen-bond donors (Lipinski definition) is 0. The number of aromatic nitrogens is 1. The number of hydrogen-bond acceptors (Lipinski definition) is 4. The van der Waals surface area contributed by atoms with Crippen LogP contribution in [0.3, 0.4) is 0 Å². The molecule has 1 aromatic heterocycles. The predicted molar refractivity (Wildman–Crippen MR) is 81.4 cm³/mol. The van der Waals surface area contributed by atoms with E-state index in [1.165, 1.54) is 4.88 Å². The van der Waals surface area contributed by atoms with E-state index >= 15 is 0 Å². The van der Waals surface area contributed by atoms with Gasteiger partial charge in [0.1, 0.15) is 0 Å². The highest BCUT2D eigenvalue weighted by Crippen LogP contribution is 2.12. The first-order valence-electron chi connectivity index (χ1n) is 6.82. The molecular weight excluding hydrogens is 270 g/mol. The molecule has 2 rings (SSSR count). The van der Waals surface area contributed by atoms with Crippen molar-refractivity contribution in [2.24, 2.45) is 0 Å². The molecule has 0 radical (unpaired) electrons. The van der Waals surface area contributed by atoms with E-state index in [9.17, 15) is 4.79 Å². The Hall–Kier alpha value is -1.52. The Morgan fingerprint density at radius 1 is 1.25 bits per heavy atom. The Morgan fingerprint density at radius 2 is 2.05 bits per heavy atom. The van der Waals surface area contributed by atoms with Gasteiger partial charge in [-0.15, -0.1) is 11.3 Å². The van der Waals surface area contributed by atoms with Gasteiger partial charge in [-0.1, -0.05) is 30.3 Å². The lowest BCUT2D eigenvalue weighted by Gasteiger charge is -2.04. The summed E-state index contributed by atoms with van der Waals surface area (Å²) in [6.07, 6.45) is 2.22. The van der Waals surface area contributed by atoms with E-state index in [4.69, 9.17) is 4.74 Å². The molecule has 0 saturated carbocycles. The van der Waals surface area contributed by atoms with Crippen LogP contribution < -0.4 is 0 Å². The topological polar surface area (TPSA) is 39.2 Å². The van der Waals surface area contributed by atoms with Gasteiger partial charge in [-0.25, -0.2) is 4.98 Å². The van der Waals surface area contributed by atoms with Gasteiger partial charge in [-0.05, 0) is 13.3 Å². The lowest BCUT2D eigenvalue weighted by Crippen LogP contribution is -2.04. The molecule has 2 aromatic rings. The molecule has 0 atom stereocenters. The Kier molecular flexibility index (Phi) is 5.89. The average molecular weight is 289 g/mol. The molecule has 0 fully saturated rings. The minimum Gasteiger partial charge on any atom is -0.381 e. The third-order valence-electron chi connectivity index (χ3n) is 3.11. The van der Waals surface area contributed by atoms with Crippen LogP contribution in [0.5, 0.6) is 0 Å². The van der Waals surface area contributed by atoms with Crippen LogP contribution in [-0.2, 0) is 11.2 Å². The molecule has 0 spiro atoms. The van der Waals surface area contributed by atoms with Crippen LogP contribution in [0.25, 0.3) is 0 Å². The highest BCUT2D eigenvalue weighted by Gasteiger charge is 2.05. The van der Waals surface area contributed by atoms with Crippen molar-refractivity contribution in [1.29, 1.82) is 0 Å². The van der Waals surface area contributed by atoms with E-state index in [1.807, 2.05) is 42.8 Å². The highest BCUT2D eigenvalue weighted by atomic mass is 32.1. The second-order valence-corrected chi connectivity index (χ2v) is 5.56. The third kappa shape index (κ3) is 4.54. The fraction of sp³-hybridized carbons (Fsp3) is 0.375. The summed E-state index contributed by atoms with van der Waals surface area (Å²) in [7, 11) is 0. The van der Waals surface area contributed by atoms with E-state index in [-0.39, 0.29) is 5.78 Å². The first-order chi connectivity index (χ1) is 9.77. The van der Waals surface area contributed by atoms with Crippen LogP contribution >= 0.6 is 11.3 Å². The molecule has 1 aromatic carbocycles. The Labute approximate surface area is 123 Å². The molecular formula is C16H19NO2S. The smallest absolute Gasteiger partial charge is 0.162 e. The van der Waals surface area contributed by atoms with Gasteiger partial charge in [-0.2, -0.15) is 0 Å². The predicted octanol–water partition coefficient (Wildman–Crippen LogP) is 3.67. The summed E-state index contributed by atoms with van der Waals surface area (Å²) >= 11 is 1.67. The monoisotopic (exact) mass is 289 g/mol. The summed E-state index contributed by atoms with van der Waals surface area (Å²) in [6, 6.07) is 9.41. The van der Waals surface area contributed by atoms with Gasteiger partial charge in [0.2, 0.25) is 0 Å². The average Bonchev–Trinajstić information content (AvgIpc) is 2.89. The molecule has 0 aliphatic heterocycles. The molecule has 0 amide bonds. The molecule has 106 valence electrons. The maximum Gasteiger partial charge on any atom is 0.162 e. The number of rotatable bonds is 8. The van der Waals surface area contributed by atoms with Crippen LogP contribution in [0.15, 0.2) is 35.8 Å². The Morgan fingerprint density at radius 3 is 2.75 bits per heavy atom. The minimum atomic E-state index is 0.188. The summed E-state index contributed by atoms with van der Waals surface area (Å²) in [5.41, 5.74) is 3.74. The van der Waals surface area contributed by atoms with Crippen LogP contribution in [0.4, 0.5) is 0 Å². The molecule has 0 bridgehead atoms. The van der Waals surface area contributed by atoms with Crippen molar-refractivity contribution < 1.29 is 9.53 Å². The number of ketones is 1. The van der Waals surface area contributed by atoms with Gasteiger partial charge in [-0.3, -0.25) is 4.79 Å². The van der Waals surface area contributed by atoms with Crippen LogP contribution in [0, 0.1) is 6.92 Å². The molecule has 1 heterocycles. The van der Waals surface area contributed by atoms with Crippen molar-refractivity contribution in [3.05, 3.63) is 52.0 Å². The van der Waals surface area contributed by atoms with E-state index in [2.05, 4.69) is 4.98 Å². The highest BCUT2D eigenvalue weighted by molar-refractivity contribution is 7.09. The number of Topliss-reactive ketones (excluding diaryl/α,β-unsaturated/α-hetero) is 1. The van der Waals surface area contributed by atoms with Crippen LogP contribution in [0.2, 0.25) is 0 Å². The van der Waals surface area contributed by atoms with Crippen molar-refractivity contribution in [2.45, 2.75) is 26.2 Å². The summed E-state index contributed by atoms with van der Waals surface area (Å²) in [5, 5.41) is 0. The summed E-state index contributed by atoms with van der Waals surface area (Å²) in [5.74, 6) is 0.188. The second kappa shape index (κ2) is 7.92. The lowest BCUT2D eigenvalue weighted by molar-refractivity contribution is 0.0940. The zero-order valence-corrected chi connectivity index (χ0v) is 12.5. The van der Waals surface area contributed by atoms with Crippen LogP contribution in [-0.4, -0.2) is 24.0 Å². The van der Waals surface area contributed by atoms with Gasteiger partial charge in [0.15, 0.2) is 5.78 Å². The molecule has 3 nitrogen and oxygen atoms in total. The molecule has 20 heavy (non-hydrogen) atoms. The quantitative estimate of drug-likeness (QED) is 0.550. The first kappa shape index (κ1) is 14.9. The van der Waals surface area contributed by atoms with Crippen molar-refractivity contribution >= 4 is 17.1 Å². The van der Waals surface area contributed by atoms with Crippen molar-refractivity contribution in [1.82, 2.24) is 4.98 Å². The van der Waals surface area contributed by atoms with Gasteiger partial charge >= 0.3 is 0 Å². The van der Waals surface area contributed by atoms with Gasteiger partial charge in [0, 0.05) is 29.9 Å². The van der Waals surface area contributed by atoms with E-state index in [1.54, 1.807) is 11.3 Å². The van der Waals surface area contributed by atoms with Gasteiger partial charge < -0.3 is 4.74 Å². The zero-order chi connectivity index (χ0) is 14.2. The maximum absolute atomic E-state index is 11.8. The van der Waals surface area contributed by atoms with Crippen molar-refractivity contribution in [2.75, 3.05) is 13.2 Å². The number of carbonyl (C=O) groups excluding carboxylic acids is 1. The molecule has 0 saturated heterocycles. The standard InChI is InChI=1S/C16H19NO2S/c1-13-16(20-12-17-13)9-11-19-10-5-8-15(18)14-6-3-2-4-7-14/h2-4,6-7,12H,5,8-11H2,1H3. The fourth-order valence-electron chi connectivity index (χ4n) is 1.94. The van der Waals surface area contributed by atoms with E-state index in [0.29, 0.717) is 19.6 Å². The van der Waals surface area contributed by atoms with Crippen molar-refractivity contribution in [3.63, 3.8) is 0 Å². The Balaban J connectivity index is 1.58. The number of nitrogens with zero attached hydrogens (tertiary/aromatic N) is 1. The van der Waals surface area contributed by atoms with Gasteiger partial charge in [0.05, 0.1) is 17.8 Å². The molecule has 4 heteroatoms. The number of aryl methyl sites for hydroxylation is 1. The molecule has 0 aliphatic carbocycles. The van der Waals surface area contributed by atoms with E-state index in [0.717, 1.165) is 24.1 Å². The fourth-order valence-corrected chi connectivity index (χ4v) is 2.70. The molecule has 0 unspecified atom stereocenters. The maximum atomic E-state index is 11.8.